The Morgan fingerprint density at radius 3 is 2.35 bits per heavy atom. The smallest absolute Gasteiger partial charge is 0.232 e. The first-order valence-corrected chi connectivity index (χ1v) is 7.63. The van der Waals surface area contributed by atoms with Crippen molar-refractivity contribution < 1.29 is 0 Å². The van der Waals surface area contributed by atoms with E-state index in [0.717, 1.165) is 31.5 Å². The van der Waals surface area contributed by atoms with Crippen LogP contribution in [-0.2, 0) is 0 Å². The standard InChI is InChI=1S/C14H24N6/c1-10-8-11(2)20(9-10)14-17-12(15-3)16-13(18-14)19-6-4-5-7-19/h10-11H,4-9H2,1-3H3,(H,15,16,17,18). The number of rotatable bonds is 3. The van der Waals surface area contributed by atoms with E-state index in [9.17, 15) is 0 Å². The fraction of sp³-hybridized carbons (Fsp3) is 0.786. The van der Waals surface area contributed by atoms with Crippen LogP contribution in [0.3, 0.4) is 0 Å². The maximum absolute atomic E-state index is 4.72. The summed E-state index contributed by atoms with van der Waals surface area (Å²) in [6, 6.07) is 0.503. The van der Waals surface area contributed by atoms with Gasteiger partial charge in [-0.25, -0.2) is 0 Å². The van der Waals surface area contributed by atoms with Crippen molar-refractivity contribution in [2.45, 2.75) is 39.2 Å². The lowest BCUT2D eigenvalue weighted by atomic mass is 10.1. The Morgan fingerprint density at radius 2 is 1.75 bits per heavy atom. The molecular weight excluding hydrogens is 252 g/mol. The normalized spacial score (nSPS) is 26.4. The van der Waals surface area contributed by atoms with Gasteiger partial charge < -0.3 is 15.1 Å². The lowest BCUT2D eigenvalue weighted by Gasteiger charge is -2.24. The molecule has 2 saturated heterocycles. The number of hydrogen-bond donors (Lipinski definition) is 1. The highest BCUT2D eigenvalue weighted by Crippen LogP contribution is 2.28. The number of nitrogens with one attached hydrogen (secondary N) is 1. The first-order valence-electron chi connectivity index (χ1n) is 7.63. The van der Waals surface area contributed by atoms with Crippen LogP contribution < -0.4 is 15.1 Å². The minimum absolute atomic E-state index is 0.503. The molecular formula is C14H24N6. The minimum atomic E-state index is 0.503. The van der Waals surface area contributed by atoms with E-state index in [4.69, 9.17) is 4.98 Å². The van der Waals surface area contributed by atoms with E-state index in [0.29, 0.717) is 17.9 Å². The summed E-state index contributed by atoms with van der Waals surface area (Å²) >= 11 is 0. The van der Waals surface area contributed by atoms with Crippen LogP contribution in [0.1, 0.15) is 33.1 Å². The Balaban J connectivity index is 1.91. The molecule has 2 aliphatic heterocycles. The van der Waals surface area contributed by atoms with Gasteiger partial charge in [-0.3, -0.25) is 0 Å². The molecule has 0 spiro atoms. The molecule has 0 aromatic carbocycles. The van der Waals surface area contributed by atoms with Crippen molar-refractivity contribution in [3.63, 3.8) is 0 Å². The van der Waals surface area contributed by atoms with Gasteiger partial charge in [-0.05, 0) is 32.1 Å². The lowest BCUT2D eigenvalue weighted by molar-refractivity contribution is 0.624. The summed E-state index contributed by atoms with van der Waals surface area (Å²) in [7, 11) is 1.86. The fourth-order valence-electron chi connectivity index (χ4n) is 3.23. The third kappa shape index (κ3) is 2.51. The van der Waals surface area contributed by atoms with Gasteiger partial charge in [0.1, 0.15) is 0 Å². The topological polar surface area (TPSA) is 57.2 Å². The zero-order valence-corrected chi connectivity index (χ0v) is 12.6. The minimum Gasteiger partial charge on any atom is -0.357 e. The van der Waals surface area contributed by atoms with Crippen molar-refractivity contribution in [1.29, 1.82) is 0 Å². The quantitative estimate of drug-likeness (QED) is 0.907. The van der Waals surface area contributed by atoms with Gasteiger partial charge in [0.05, 0.1) is 0 Å². The van der Waals surface area contributed by atoms with Crippen LogP contribution in [0.25, 0.3) is 0 Å². The molecule has 6 nitrogen and oxygen atoms in total. The second kappa shape index (κ2) is 5.42. The highest BCUT2D eigenvalue weighted by molar-refractivity contribution is 5.46. The van der Waals surface area contributed by atoms with E-state index in [1.807, 2.05) is 7.05 Å². The zero-order valence-electron chi connectivity index (χ0n) is 12.6. The number of nitrogens with zero attached hydrogens (tertiary/aromatic N) is 5. The Hall–Kier alpha value is -1.59. The molecule has 2 atom stereocenters. The van der Waals surface area contributed by atoms with E-state index in [2.05, 4.69) is 38.9 Å². The SMILES string of the molecule is CNc1nc(N2CCCC2)nc(N2CC(C)CC2C)n1. The van der Waals surface area contributed by atoms with Gasteiger partial charge in [0.2, 0.25) is 17.8 Å². The largest absolute Gasteiger partial charge is 0.357 e. The van der Waals surface area contributed by atoms with E-state index < -0.39 is 0 Å². The van der Waals surface area contributed by atoms with Crippen molar-refractivity contribution in [3.05, 3.63) is 0 Å². The summed E-state index contributed by atoms with van der Waals surface area (Å²) in [4.78, 5) is 18.4. The maximum atomic E-state index is 4.72. The average molecular weight is 276 g/mol. The molecule has 1 aromatic heterocycles. The molecule has 110 valence electrons. The van der Waals surface area contributed by atoms with Crippen LogP contribution >= 0.6 is 0 Å². The summed E-state index contributed by atoms with van der Waals surface area (Å²) < 4.78 is 0. The van der Waals surface area contributed by atoms with E-state index in [-0.39, 0.29) is 0 Å². The first kappa shape index (κ1) is 13.4. The molecule has 0 radical (unpaired) electrons. The van der Waals surface area contributed by atoms with Crippen LogP contribution in [0.5, 0.6) is 0 Å². The van der Waals surface area contributed by atoms with Gasteiger partial charge in [0.25, 0.3) is 0 Å². The Kier molecular flexibility index (Phi) is 3.63. The molecule has 0 saturated carbocycles. The van der Waals surface area contributed by atoms with E-state index >= 15 is 0 Å². The Morgan fingerprint density at radius 1 is 1.05 bits per heavy atom. The summed E-state index contributed by atoms with van der Waals surface area (Å²) in [6.45, 7) is 7.69. The third-order valence-electron chi connectivity index (χ3n) is 4.27. The second-order valence-electron chi connectivity index (χ2n) is 6.05. The molecule has 1 N–H and O–H groups in total. The van der Waals surface area contributed by atoms with Crippen LogP contribution in [0, 0.1) is 5.92 Å². The third-order valence-corrected chi connectivity index (χ3v) is 4.27. The predicted molar refractivity (Wildman–Crippen MR) is 81.4 cm³/mol. The predicted octanol–water partition coefficient (Wildman–Crippen LogP) is 1.75. The molecule has 0 bridgehead atoms. The van der Waals surface area contributed by atoms with Crippen LogP contribution in [0.15, 0.2) is 0 Å². The van der Waals surface area contributed by atoms with E-state index in [1.54, 1.807) is 0 Å². The lowest BCUT2D eigenvalue weighted by Crippen LogP contribution is -2.30. The van der Waals surface area contributed by atoms with Crippen molar-refractivity contribution in [3.8, 4) is 0 Å². The summed E-state index contributed by atoms with van der Waals surface area (Å²) in [6.07, 6.45) is 3.67. The van der Waals surface area contributed by atoms with Crippen molar-refractivity contribution >= 4 is 17.8 Å². The number of hydrogen-bond acceptors (Lipinski definition) is 6. The molecule has 3 rings (SSSR count). The molecule has 0 amide bonds. The zero-order chi connectivity index (χ0) is 14.1. The Bertz CT molecular complexity index is 471. The van der Waals surface area contributed by atoms with Crippen molar-refractivity contribution in [1.82, 2.24) is 15.0 Å². The summed E-state index contributed by atoms with van der Waals surface area (Å²) in [5.41, 5.74) is 0. The number of anilines is 3. The van der Waals surface area contributed by atoms with Crippen LogP contribution in [0.2, 0.25) is 0 Å². The Labute approximate surface area is 120 Å². The van der Waals surface area contributed by atoms with Gasteiger partial charge >= 0.3 is 0 Å². The van der Waals surface area contributed by atoms with Gasteiger partial charge in [-0.1, -0.05) is 6.92 Å². The van der Waals surface area contributed by atoms with Crippen LogP contribution in [-0.4, -0.2) is 47.7 Å². The monoisotopic (exact) mass is 276 g/mol. The highest BCUT2D eigenvalue weighted by Gasteiger charge is 2.29. The molecule has 2 fully saturated rings. The molecule has 3 heterocycles. The molecule has 2 aliphatic rings. The molecule has 0 aliphatic carbocycles. The van der Waals surface area contributed by atoms with Gasteiger partial charge in [0.15, 0.2) is 0 Å². The maximum Gasteiger partial charge on any atom is 0.232 e. The summed E-state index contributed by atoms with van der Waals surface area (Å²) in [5.74, 6) is 3.02. The highest BCUT2D eigenvalue weighted by atomic mass is 15.4. The van der Waals surface area contributed by atoms with Gasteiger partial charge in [-0.2, -0.15) is 15.0 Å². The first-order chi connectivity index (χ1) is 9.67. The van der Waals surface area contributed by atoms with Gasteiger partial charge in [-0.15, -0.1) is 0 Å². The molecule has 1 aromatic rings. The molecule has 20 heavy (non-hydrogen) atoms. The van der Waals surface area contributed by atoms with E-state index in [1.165, 1.54) is 19.3 Å². The van der Waals surface area contributed by atoms with Crippen molar-refractivity contribution in [2.75, 3.05) is 41.8 Å². The van der Waals surface area contributed by atoms with Crippen LogP contribution in [0.4, 0.5) is 17.8 Å². The molecule has 6 heteroatoms. The summed E-state index contributed by atoms with van der Waals surface area (Å²) in [5, 5.41) is 3.07. The van der Waals surface area contributed by atoms with Gasteiger partial charge in [0, 0.05) is 32.7 Å². The fourth-order valence-corrected chi connectivity index (χ4v) is 3.23. The van der Waals surface area contributed by atoms with Crippen molar-refractivity contribution in [2.24, 2.45) is 5.92 Å². The number of aromatic nitrogens is 3. The molecule has 2 unspecified atom stereocenters. The average Bonchev–Trinajstić information content (AvgIpc) is 3.08. The second-order valence-corrected chi connectivity index (χ2v) is 6.05.